The first-order valence-corrected chi connectivity index (χ1v) is 7.12. The SMILES string of the molecule is CCN1CCC2(CCN2C(=O)n2cnc(COC)n2)C1. The predicted octanol–water partition coefficient (Wildman–Crippen LogP) is 0.563. The van der Waals surface area contributed by atoms with E-state index in [4.69, 9.17) is 4.74 Å². The van der Waals surface area contributed by atoms with Crippen molar-refractivity contribution in [3.63, 3.8) is 0 Å². The van der Waals surface area contributed by atoms with Crippen LogP contribution in [-0.4, -0.2) is 69.4 Å². The van der Waals surface area contributed by atoms with E-state index in [2.05, 4.69) is 21.9 Å². The Morgan fingerprint density at radius 1 is 1.45 bits per heavy atom. The van der Waals surface area contributed by atoms with Crippen molar-refractivity contribution in [3.05, 3.63) is 12.2 Å². The minimum Gasteiger partial charge on any atom is -0.377 e. The maximum atomic E-state index is 12.5. The largest absolute Gasteiger partial charge is 0.377 e. The molecule has 2 aliphatic heterocycles. The van der Waals surface area contributed by atoms with E-state index >= 15 is 0 Å². The Hall–Kier alpha value is -1.47. The number of amides is 1. The highest BCUT2D eigenvalue weighted by atomic mass is 16.5. The van der Waals surface area contributed by atoms with Crippen molar-refractivity contribution >= 4 is 6.03 Å². The second-order valence-electron chi connectivity index (χ2n) is 5.57. The fourth-order valence-electron chi connectivity index (χ4n) is 3.18. The van der Waals surface area contributed by atoms with Gasteiger partial charge < -0.3 is 14.5 Å². The van der Waals surface area contributed by atoms with Crippen molar-refractivity contribution in [1.82, 2.24) is 24.6 Å². The molecule has 1 amide bonds. The zero-order chi connectivity index (χ0) is 14.2. The molecule has 7 heteroatoms. The molecule has 7 nitrogen and oxygen atoms in total. The van der Waals surface area contributed by atoms with Gasteiger partial charge in [-0.2, -0.15) is 4.68 Å². The van der Waals surface area contributed by atoms with E-state index in [9.17, 15) is 4.79 Å². The Morgan fingerprint density at radius 3 is 2.85 bits per heavy atom. The van der Waals surface area contributed by atoms with Gasteiger partial charge in [0.1, 0.15) is 12.9 Å². The van der Waals surface area contributed by atoms with E-state index in [0.717, 1.165) is 39.0 Å². The molecular weight excluding hydrogens is 258 g/mol. The summed E-state index contributed by atoms with van der Waals surface area (Å²) in [5.74, 6) is 0.539. The van der Waals surface area contributed by atoms with E-state index in [1.165, 1.54) is 11.0 Å². The third-order valence-corrected chi connectivity index (χ3v) is 4.47. The van der Waals surface area contributed by atoms with Gasteiger partial charge in [0.2, 0.25) is 0 Å². The van der Waals surface area contributed by atoms with Gasteiger partial charge in [-0.15, -0.1) is 5.10 Å². The molecule has 0 radical (unpaired) electrons. The minimum absolute atomic E-state index is 0.0282. The summed E-state index contributed by atoms with van der Waals surface area (Å²) in [6.07, 6.45) is 3.64. The van der Waals surface area contributed by atoms with Crippen molar-refractivity contribution in [2.75, 3.05) is 33.3 Å². The summed E-state index contributed by atoms with van der Waals surface area (Å²) in [5.41, 5.74) is 0.0282. The van der Waals surface area contributed by atoms with E-state index in [0.29, 0.717) is 12.4 Å². The van der Waals surface area contributed by atoms with Gasteiger partial charge in [-0.05, 0) is 19.4 Å². The number of carbonyl (C=O) groups is 1. The van der Waals surface area contributed by atoms with Crippen LogP contribution in [0.5, 0.6) is 0 Å². The molecule has 2 fully saturated rings. The van der Waals surface area contributed by atoms with Crippen LogP contribution < -0.4 is 0 Å². The molecule has 1 unspecified atom stereocenters. The van der Waals surface area contributed by atoms with Gasteiger partial charge in [-0.25, -0.2) is 9.78 Å². The van der Waals surface area contributed by atoms with Gasteiger partial charge in [0.05, 0.1) is 5.54 Å². The molecule has 3 rings (SSSR count). The third-order valence-electron chi connectivity index (χ3n) is 4.47. The number of carbonyl (C=O) groups excluding carboxylic acids is 1. The smallest absolute Gasteiger partial charge is 0.346 e. The van der Waals surface area contributed by atoms with Gasteiger partial charge >= 0.3 is 6.03 Å². The van der Waals surface area contributed by atoms with E-state index in [-0.39, 0.29) is 11.6 Å². The summed E-state index contributed by atoms with van der Waals surface area (Å²) >= 11 is 0. The number of nitrogens with zero attached hydrogens (tertiary/aromatic N) is 5. The highest BCUT2D eigenvalue weighted by molar-refractivity contribution is 5.77. The van der Waals surface area contributed by atoms with Crippen LogP contribution in [0, 0.1) is 0 Å². The topological polar surface area (TPSA) is 63.5 Å². The van der Waals surface area contributed by atoms with Gasteiger partial charge in [0, 0.05) is 26.7 Å². The molecule has 2 aliphatic rings. The van der Waals surface area contributed by atoms with Crippen LogP contribution in [0.25, 0.3) is 0 Å². The quantitative estimate of drug-likeness (QED) is 0.809. The number of ether oxygens (including phenoxy) is 1. The zero-order valence-corrected chi connectivity index (χ0v) is 12.1. The fraction of sp³-hybridized carbons (Fsp3) is 0.769. The predicted molar refractivity (Wildman–Crippen MR) is 72.3 cm³/mol. The molecule has 0 aromatic carbocycles. The third kappa shape index (κ3) is 2.10. The van der Waals surface area contributed by atoms with Crippen LogP contribution in [0.3, 0.4) is 0 Å². The van der Waals surface area contributed by atoms with Gasteiger partial charge in [-0.1, -0.05) is 6.92 Å². The summed E-state index contributed by atoms with van der Waals surface area (Å²) in [7, 11) is 1.59. The van der Waals surface area contributed by atoms with Gasteiger partial charge in [-0.3, -0.25) is 0 Å². The van der Waals surface area contributed by atoms with Crippen LogP contribution in [0.2, 0.25) is 0 Å². The molecule has 1 aromatic heterocycles. The molecule has 0 bridgehead atoms. The maximum Gasteiger partial charge on any atom is 0.346 e. The van der Waals surface area contributed by atoms with E-state index < -0.39 is 0 Å². The average Bonchev–Trinajstić information content (AvgIpc) is 3.05. The standard InChI is InChI=1S/C13H21N5O2/c1-3-16-6-4-13(9-16)5-7-17(13)12(19)18-10-14-11(15-18)8-20-2/h10H,3-9H2,1-2H3. The monoisotopic (exact) mass is 279 g/mol. The molecule has 20 heavy (non-hydrogen) atoms. The van der Waals surface area contributed by atoms with Crippen molar-refractivity contribution < 1.29 is 9.53 Å². The molecule has 3 heterocycles. The first kappa shape index (κ1) is 13.5. The lowest BCUT2D eigenvalue weighted by atomic mass is 9.84. The Labute approximate surface area is 118 Å². The van der Waals surface area contributed by atoms with Crippen LogP contribution in [0.15, 0.2) is 6.33 Å². The lowest BCUT2D eigenvalue weighted by Crippen LogP contribution is -2.64. The molecule has 0 N–H and O–H groups in total. The van der Waals surface area contributed by atoms with Gasteiger partial charge in [0.15, 0.2) is 5.82 Å². The molecule has 110 valence electrons. The molecule has 0 aliphatic carbocycles. The molecule has 0 saturated carbocycles. The number of likely N-dealkylation sites (N-methyl/N-ethyl adjacent to an activating group) is 1. The number of aromatic nitrogens is 3. The summed E-state index contributed by atoms with van der Waals surface area (Å²) in [6, 6.07) is -0.0657. The number of hydrogen-bond donors (Lipinski definition) is 0. The first-order chi connectivity index (χ1) is 9.68. The molecule has 1 aromatic rings. The van der Waals surface area contributed by atoms with Crippen LogP contribution in [0.4, 0.5) is 4.79 Å². The normalized spacial score (nSPS) is 26.2. The second-order valence-corrected chi connectivity index (χ2v) is 5.57. The Morgan fingerprint density at radius 2 is 2.25 bits per heavy atom. The zero-order valence-electron chi connectivity index (χ0n) is 12.1. The maximum absolute atomic E-state index is 12.5. The minimum atomic E-state index is -0.0657. The van der Waals surface area contributed by atoms with Crippen LogP contribution in [-0.2, 0) is 11.3 Å². The van der Waals surface area contributed by atoms with Crippen LogP contribution >= 0.6 is 0 Å². The van der Waals surface area contributed by atoms with Crippen molar-refractivity contribution in [2.45, 2.75) is 31.9 Å². The Balaban J connectivity index is 1.71. The van der Waals surface area contributed by atoms with Gasteiger partial charge in [0.25, 0.3) is 0 Å². The first-order valence-electron chi connectivity index (χ1n) is 7.12. The number of methoxy groups -OCH3 is 1. The van der Waals surface area contributed by atoms with Crippen molar-refractivity contribution in [2.24, 2.45) is 0 Å². The molecule has 2 saturated heterocycles. The number of hydrogen-bond acceptors (Lipinski definition) is 5. The highest BCUT2D eigenvalue weighted by Gasteiger charge is 2.51. The van der Waals surface area contributed by atoms with E-state index in [1.807, 2.05) is 4.90 Å². The van der Waals surface area contributed by atoms with Crippen molar-refractivity contribution in [3.8, 4) is 0 Å². The lowest BCUT2D eigenvalue weighted by Gasteiger charge is -2.50. The second kappa shape index (κ2) is 5.14. The summed E-state index contributed by atoms with van der Waals surface area (Å²) in [6.45, 7) is 6.41. The molecule has 1 spiro atoms. The van der Waals surface area contributed by atoms with Crippen molar-refractivity contribution in [1.29, 1.82) is 0 Å². The average molecular weight is 279 g/mol. The number of likely N-dealkylation sites (tertiary alicyclic amines) is 2. The molecule has 1 atom stereocenters. The Bertz CT molecular complexity index is 503. The summed E-state index contributed by atoms with van der Waals surface area (Å²) in [4.78, 5) is 21.0. The summed E-state index contributed by atoms with van der Waals surface area (Å²) < 4.78 is 6.31. The highest BCUT2D eigenvalue weighted by Crippen LogP contribution is 2.39. The Kier molecular flexibility index (Phi) is 3.47. The van der Waals surface area contributed by atoms with Crippen LogP contribution in [0.1, 0.15) is 25.6 Å². The lowest BCUT2D eigenvalue weighted by molar-refractivity contribution is 0.0303. The fourth-order valence-corrected chi connectivity index (χ4v) is 3.18. The van der Waals surface area contributed by atoms with E-state index in [1.54, 1.807) is 7.11 Å². The number of rotatable bonds is 3. The summed E-state index contributed by atoms with van der Waals surface area (Å²) in [5, 5.41) is 4.17. The molecular formula is C13H21N5O2.